The zero-order valence-corrected chi connectivity index (χ0v) is 19.9. The van der Waals surface area contributed by atoms with E-state index in [-0.39, 0.29) is 34.6 Å². The summed E-state index contributed by atoms with van der Waals surface area (Å²) >= 11 is 5.32. The molecular weight excluding hydrogens is 458 g/mol. The highest BCUT2D eigenvalue weighted by Gasteiger charge is 2.22. The van der Waals surface area contributed by atoms with Crippen LogP contribution in [0.25, 0.3) is 0 Å². The lowest BCUT2D eigenvalue weighted by molar-refractivity contribution is -0.385. The third-order valence-electron chi connectivity index (χ3n) is 5.37. The van der Waals surface area contributed by atoms with Crippen molar-refractivity contribution in [1.29, 1.82) is 0 Å². The number of carbonyl (C=O) groups is 2. The number of nitrogens with one attached hydrogen (secondary N) is 2. The fraction of sp³-hybridized carbons (Fsp3) is 0.348. The predicted molar refractivity (Wildman–Crippen MR) is 133 cm³/mol. The molecule has 1 saturated heterocycles. The molecule has 180 valence electrons. The number of para-hydroxylation sites is 2. The van der Waals surface area contributed by atoms with E-state index in [4.69, 9.17) is 17.0 Å². The first-order chi connectivity index (χ1) is 16.3. The van der Waals surface area contributed by atoms with Gasteiger partial charge in [-0.3, -0.25) is 25.0 Å². The predicted octanol–water partition coefficient (Wildman–Crippen LogP) is 3.18. The number of hydrogen-bond donors (Lipinski definition) is 2. The molecule has 1 aliphatic heterocycles. The number of hydrogen-bond acceptors (Lipinski definition) is 7. The largest absolute Gasteiger partial charge is 0.487 e. The van der Waals surface area contributed by atoms with Crippen molar-refractivity contribution >= 4 is 46.2 Å². The molecule has 2 aromatic rings. The molecule has 11 heteroatoms. The van der Waals surface area contributed by atoms with Gasteiger partial charge in [-0.1, -0.05) is 19.1 Å². The molecule has 2 aromatic carbocycles. The minimum Gasteiger partial charge on any atom is -0.487 e. The quantitative estimate of drug-likeness (QED) is 0.349. The van der Waals surface area contributed by atoms with E-state index in [9.17, 15) is 19.7 Å². The molecule has 2 N–H and O–H groups in total. The summed E-state index contributed by atoms with van der Waals surface area (Å²) in [5, 5.41) is 17.0. The van der Waals surface area contributed by atoms with Gasteiger partial charge in [-0.25, -0.2) is 0 Å². The average Bonchev–Trinajstić information content (AvgIpc) is 2.84. The zero-order chi connectivity index (χ0) is 24.7. The fourth-order valence-electron chi connectivity index (χ4n) is 3.68. The monoisotopic (exact) mass is 485 g/mol. The van der Waals surface area contributed by atoms with Gasteiger partial charge in [-0.05, 0) is 43.4 Å². The van der Waals surface area contributed by atoms with Gasteiger partial charge in [0, 0.05) is 44.2 Å². The number of nitrogens with zero attached hydrogens (tertiary/aromatic N) is 3. The smallest absolute Gasteiger partial charge is 0.311 e. The summed E-state index contributed by atoms with van der Waals surface area (Å²) < 4.78 is 5.25. The van der Waals surface area contributed by atoms with Crippen molar-refractivity contribution < 1.29 is 19.2 Å². The number of ether oxygens (including phenoxy) is 1. The van der Waals surface area contributed by atoms with Crippen molar-refractivity contribution in [3.8, 4) is 5.75 Å². The maximum atomic E-state index is 12.7. The van der Waals surface area contributed by atoms with Crippen LogP contribution in [-0.2, 0) is 4.79 Å². The van der Waals surface area contributed by atoms with E-state index in [1.807, 2.05) is 36.1 Å². The van der Waals surface area contributed by atoms with Gasteiger partial charge in [-0.15, -0.1) is 0 Å². The molecule has 0 bridgehead atoms. The Morgan fingerprint density at radius 3 is 2.47 bits per heavy atom. The van der Waals surface area contributed by atoms with Crippen molar-refractivity contribution in [2.24, 2.45) is 0 Å². The fourth-order valence-corrected chi connectivity index (χ4v) is 3.89. The van der Waals surface area contributed by atoms with Crippen molar-refractivity contribution in [3.05, 3.63) is 58.1 Å². The molecule has 0 aliphatic carbocycles. The van der Waals surface area contributed by atoms with Crippen LogP contribution in [0.15, 0.2) is 42.5 Å². The Morgan fingerprint density at radius 2 is 1.82 bits per heavy atom. The van der Waals surface area contributed by atoms with Gasteiger partial charge in [0.05, 0.1) is 22.9 Å². The first-order valence-electron chi connectivity index (χ1n) is 11.0. The third kappa shape index (κ3) is 5.98. The second-order valence-electron chi connectivity index (χ2n) is 7.52. The Hall–Kier alpha value is -3.73. The number of rotatable bonds is 7. The van der Waals surface area contributed by atoms with Crippen LogP contribution in [0.2, 0.25) is 0 Å². The molecule has 1 fully saturated rings. The molecule has 2 amide bonds. The molecule has 3 rings (SSSR count). The first kappa shape index (κ1) is 24.9. The maximum absolute atomic E-state index is 12.7. The molecule has 0 saturated carbocycles. The van der Waals surface area contributed by atoms with Gasteiger partial charge >= 0.3 is 5.69 Å². The summed E-state index contributed by atoms with van der Waals surface area (Å²) in [4.78, 5) is 39.3. The van der Waals surface area contributed by atoms with Crippen molar-refractivity contribution in [2.75, 3.05) is 43.0 Å². The third-order valence-corrected chi connectivity index (χ3v) is 5.58. The second kappa shape index (κ2) is 11.4. The molecule has 0 unspecified atom stereocenters. The van der Waals surface area contributed by atoms with Gasteiger partial charge in [0.2, 0.25) is 5.91 Å². The van der Waals surface area contributed by atoms with Gasteiger partial charge in [-0.2, -0.15) is 0 Å². The molecule has 1 aliphatic rings. The van der Waals surface area contributed by atoms with E-state index in [1.54, 1.807) is 6.92 Å². The molecular formula is C23H27N5O5S. The standard InChI is InChI=1S/C23H27N5O5S/c1-3-21(29)27-13-11-26(12-14-27)18-8-6-5-7-17(18)24-23(34)25-22(30)16-9-10-20(33-4-2)19(15-16)28(31)32/h5-10,15H,3-4,11-14H2,1-2H3,(H2,24,25,30,34). The van der Waals surface area contributed by atoms with Crippen LogP contribution < -0.4 is 20.3 Å². The summed E-state index contributed by atoms with van der Waals surface area (Å²) in [6.07, 6.45) is 0.490. The topological polar surface area (TPSA) is 117 Å². The lowest BCUT2D eigenvalue weighted by atomic mass is 10.1. The molecule has 0 spiro atoms. The number of nitro groups is 1. The SMILES string of the molecule is CCOc1ccc(C(=O)NC(=S)Nc2ccccc2N2CCN(C(=O)CC)CC2)cc1[N+](=O)[O-]. The van der Waals surface area contributed by atoms with Gasteiger partial charge in [0.15, 0.2) is 10.9 Å². The summed E-state index contributed by atoms with van der Waals surface area (Å²) in [6.45, 7) is 6.48. The number of anilines is 2. The van der Waals surface area contributed by atoms with E-state index in [1.165, 1.54) is 12.1 Å². The number of benzene rings is 2. The van der Waals surface area contributed by atoms with Gasteiger partial charge in [0.1, 0.15) is 0 Å². The molecule has 0 aromatic heterocycles. The Balaban J connectivity index is 1.67. The van der Waals surface area contributed by atoms with Gasteiger partial charge in [0.25, 0.3) is 5.91 Å². The van der Waals surface area contributed by atoms with Gasteiger partial charge < -0.3 is 19.9 Å². The normalized spacial score (nSPS) is 13.2. The lowest BCUT2D eigenvalue weighted by Crippen LogP contribution is -2.48. The second-order valence-corrected chi connectivity index (χ2v) is 7.93. The molecule has 34 heavy (non-hydrogen) atoms. The molecule has 1 heterocycles. The minimum atomic E-state index is -0.595. The number of carbonyl (C=O) groups excluding carboxylic acids is 2. The minimum absolute atomic E-state index is 0.0637. The Kier molecular flexibility index (Phi) is 8.36. The highest BCUT2D eigenvalue weighted by molar-refractivity contribution is 7.80. The molecule has 0 radical (unpaired) electrons. The number of amides is 2. The maximum Gasteiger partial charge on any atom is 0.311 e. The molecule has 10 nitrogen and oxygen atoms in total. The van der Waals surface area contributed by atoms with Crippen LogP contribution in [0.1, 0.15) is 30.6 Å². The van der Waals surface area contributed by atoms with Crippen LogP contribution in [0.4, 0.5) is 17.1 Å². The van der Waals surface area contributed by atoms with Crippen LogP contribution in [0.3, 0.4) is 0 Å². The Labute approximate surface area is 203 Å². The van der Waals surface area contributed by atoms with Crippen molar-refractivity contribution in [1.82, 2.24) is 10.2 Å². The van der Waals surface area contributed by atoms with E-state index in [0.29, 0.717) is 38.3 Å². The van der Waals surface area contributed by atoms with Crippen LogP contribution in [-0.4, -0.2) is 59.5 Å². The Bertz CT molecular complexity index is 1090. The number of thiocarbonyl (C=S) groups is 1. The van der Waals surface area contributed by atoms with Crippen LogP contribution in [0.5, 0.6) is 5.75 Å². The van der Waals surface area contributed by atoms with Crippen LogP contribution in [0, 0.1) is 10.1 Å². The van der Waals surface area contributed by atoms with E-state index >= 15 is 0 Å². The zero-order valence-electron chi connectivity index (χ0n) is 19.1. The van der Waals surface area contributed by atoms with Crippen molar-refractivity contribution in [2.45, 2.75) is 20.3 Å². The number of nitro benzene ring substituents is 1. The summed E-state index contributed by atoms with van der Waals surface area (Å²) in [6, 6.07) is 11.5. The van der Waals surface area contributed by atoms with E-state index in [2.05, 4.69) is 15.5 Å². The van der Waals surface area contributed by atoms with Crippen LogP contribution >= 0.6 is 12.2 Å². The van der Waals surface area contributed by atoms with Crippen molar-refractivity contribution in [3.63, 3.8) is 0 Å². The summed E-state index contributed by atoms with van der Waals surface area (Å²) in [5.41, 5.74) is 1.41. The molecule has 0 atom stereocenters. The lowest BCUT2D eigenvalue weighted by Gasteiger charge is -2.37. The highest BCUT2D eigenvalue weighted by Crippen LogP contribution is 2.29. The van der Waals surface area contributed by atoms with E-state index < -0.39 is 10.8 Å². The Morgan fingerprint density at radius 1 is 1.12 bits per heavy atom. The number of piperazine rings is 1. The average molecular weight is 486 g/mol. The van der Waals surface area contributed by atoms with E-state index in [0.717, 1.165) is 11.8 Å². The first-order valence-corrected chi connectivity index (χ1v) is 11.4. The summed E-state index contributed by atoms with van der Waals surface area (Å²) in [5.74, 6) is -0.336. The highest BCUT2D eigenvalue weighted by atomic mass is 32.1. The summed E-state index contributed by atoms with van der Waals surface area (Å²) in [7, 11) is 0.